The van der Waals surface area contributed by atoms with Crippen LogP contribution in [0.15, 0.2) is 18.2 Å². The predicted molar refractivity (Wildman–Crippen MR) is 67.3 cm³/mol. The number of anilines is 1. The van der Waals surface area contributed by atoms with Crippen LogP contribution in [-0.4, -0.2) is 28.2 Å². The number of rotatable bonds is 5. The maximum absolute atomic E-state index is 12.8. The average molecular weight is 429 g/mol. The zero-order valence-electron chi connectivity index (χ0n) is 11.7. The van der Waals surface area contributed by atoms with Crippen molar-refractivity contribution in [1.29, 1.82) is 5.26 Å². The van der Waals surface area contributed by atoms with E-state index in [1.54, 1.807) is 0 Å². The predicted octanol–water partition coefficient (Wildman–Crippen LogP) is -1.08. The van der Waals surface area contributed by atoms with E-state index in [-0.39, 0.29) is 10.1 Å². The van der Waals surface area contributed by atoms with E-state index < -0.39 is 50.4 Å². The van der Waals surface area contributed by atoms with Crippen molar-refractivity contribution >= 4 is 11.6 Å². The Labute approximate surface area is 135 Å². The first kappa shape index (κ1) is 18.7. The molecule has 0 saturated carbocycles. The molecular weight excluding hydrogens is 416 g/mol. The summed E-state index contributed by atoms with van der Waals surface area (Å²) in [6.45, 7) is 1.26. The van der Waals surface area contributed by atoms with E-state index in [0.29, 0.717) is 6.07 Å². The van der Waals surface area contributed by atoms with Crippen LogP contribution in [0.2, 0.25) is 0 Å². The molecule has 0 fully saturated rings. The summed E-state index contributed by atoms with van der Waals surface area (Å²) in [4.78, 5) is 11.9. The fraction of sp³-hybridized carbons (Fsp3) is 0.385. The van der Waals surface area contributed by atoms with Gasteiger partial charge >= 0.3 is 136 Å². The van der Waals surface area contributed by atoms with E-state index in [1.807, 2.05) is 0 Å². The van der Waals surface area contributed by atoms with Crippen molar-refractivity contribution in [3.05, 3.63) is 29.3 Å². The summed E-state index contributed by atoms with van der Waals surface area (Å²) >= 11 is -0.839. The molecule has 22 heavy (non-hydrogen) atoms. The van der Waals surface area contributed by atoms with Crippen molar-refractivity contribution in [1.82, 2.24) is 0 Å². The quantitative estimate of drug-likeness (QED) is 0.461. The van der Waals surface area contributed by atoms with Crippen molar-refractivity contribution in [2.24, 2.45) is 0 Å². The molecule has 0 aliphatic heterocycles. The fourth-order valence-electron chi connectivity index (χ4n) is 1.44. The van der Waals surface area contributed by atoms with Crippen LogP contribution in [0.4, 0.5) is 18.9 Å². The van der Waals surface area contributed by atoms with Gasteiger partial charge in [0.25, 0.3) is 0 Å². The Balaban J connectivity index is 3.00. The van der Waals surface area contributed by atoms with Gasteiger partial charge in [-0.25, -0.2) is 0 Å². The van der Waals surface area contributed by atoms with E-state index in [4.69, 9.17) is 8.33 Å². The molecule has 0 aliphatic carbocycles. The van der Waals surface area contributed by atoms with Crippen LogP contribution in [0.25, 0.3) is 0 Å². The number of hydrogen-bond donors (Lipinski definition) is 2. The van der Waals surface area contributed by atoms with Gasteiger partial charge in [-0.05, 0) is 0 Å². The molecule has 0 bridgehead atoms. The zero-order chi connectivity index (χ0) is 17.0. The van der Waals surface area contributed by atoms with E-state index in [1.165, 1.54) is 26.2 Å². The van der Waals surface area contributed by atoms with Crippen LogP contribution in [0.3, 0.4) is 0 Å². The number of halogens is 4. The average Bonchev–Trinajstić information content (AvgIpc) is 2.44. The SMILES string of the molecule is CO[I-]C[C@](C)(O)C(=O)Nc1ccc(C#N)c(C(F)(F)F)c1. The van der Waals surface area contributed by atoms with E-state index in [2.05, 4.69) is 5.32 Å². The van der Waals surface area contributed by atoms with Gasteiger partial charge in [0.2, 0.25) is 0 Å². The molecule has 2 N–H and O–H groups in total. The van der Waals surface area contributed by atoms with Gasteiger partial charge in [-0.2, -0.15) is 0 Å². The molecule has 1 aromatic rings. The van der Waals surface area contributed by atoms with Crippen LogP contribution >= 0.6 is 0 Å². The van der Waals surface area contributed by atoms with Gasteiger partial charge in [-0.15, -0.1) is 0 Å². The number of nitrogens with one attached hydrogen (secondary N) is 1. The standard InChI is InChI=1S/C13H13F3IN2O3/c1-12(21,7-17-22-2)11(20)19-9-4-3-8(6-18)10(5-9)13(14,15)16/h3-5,21H,7H2,1-2H3,(H,19,20)/q-1/t12-/m0/s1. The summed E-state index contributed by atoms with van der Waals surface area (Å²) in [6, 6.07) is 4.25. The molecule has 1 aromatic carbocycles. The summed E-state index contributed by atoms with van der Waals surface area (Å²) in [5, 5.41) is 20.9. The summed E-state index contributed by atoms with van der Waals surface area (Å²) in [7, 11) is 1.44. The molecule has 0 unspecified atom stereocenters. The molecule has 0 aliphatic rings. The third-order valence-electron chi connectivity index (χ3n) is 2.62. The molecule has 0 aromatic heterocycles. The van der Waals surface area contributed by atoms with Crippen molar-refractivity contribution in [2.45, 2.75) is 18.7 Å². The van der Waals surface area contributed by atoms with Crippen LogP contribution in [0.5, 0.6) is 0 Å². The second kappa shape index (κ2) is 7.26. The van der Waals surface area contributed by atoms with Gasteiger partial charge in [0.15, 0.2) is 0 Å². The number of carbonyl (C=O) groups excluding carboxylic acids is 1. The van der Waals surface area contributed by atoms with Gasteiger partial charge in [0, 0.05) is 0 Å². The number of aliphatic hydroxyl groups is 1. The van der Waals surface area contributed by atoms with Crippen LogP contribution in [0.1, 0.15) is 18.1 Å². The summed E-state index contributed by atoms with van der Waals surface area (Å²) in [5.41, 5.74) is -3.57. The Kier molecular flexibility index (Phi) is 6.16. The Morgan fingerprint density at radius 1 is 1.50 bits per heavy atom. The van der Waals surface area contributed by atoms with Gasteiger partial charge in [0.1, 0.15) is 0 Å². The molecule has 0 spiro atoms. The van der Waals surface area contributed by atoms with Crippen molar-refractivity contribution in [3.8, 4) is 6.07 Å². The molecule has 0 saturated heterocycles. The first-order valence-corrected chi connectivity index (χ1v) is 8.30. The first-order chi connectivity index (χ1) is 10.1. The Morgan fingerprint density at radius 2 is 2.14 bits per heavy atom. The topological polar surface area (TPSA) is 82.3 Å². The van der Waals surface area contributed by atoms with E-state index >= 15 is 0 Å². The van der Waals surface area contributed by atoms with Crippen molar-refractivity contribution in [3.63, 3.8) is 0 Å². The summed E-state index contributed by atoms with van der Waals surface area (Å²) in [5.74, 6) is -0.831. The number of hydrogen-bond acceptors (Lipinski definition) is 4. The molecule has 0 radical (unpaired) electrons. The minimum absolute atomic E-state index is 0.0939. The van der Waals surface area contributed by atoms with Crippen molar-refractivity contribution < 1.29 is 47.8 Å². The number of alkyl halides is 4. The summed E-state index contributed by atoms with van der Waals surface area (Å²) in [6.07, 6.45) is -4.71. The zero-order valence-corrected chi connectivity index (χ0v) is 13.8. The summed E-state index contributed by atoms with van der Waals surface area (Å²) < 4.78 is 43.4. The second-order valence-electron chi connectivity index (χ2n) is 4.49. The molecule has 1 rings (SSSR count). The molecule has 5 nitrogen and oxygen atoms in total. The van der Waals surface area contributed by atoms with E-state index in [0.717, 1.165) is 6.07 Å². The molecule has 1 atom stereocenters. The van der Waals surface area contributed by atoms with Crippen LogP contribution in [-0.2, 0) is 14.0 Å². The maximum atomic E-state index is 12.8. The van der Waals surface area contributed by atoms with Gasteiger partial charge < -0.3 is 0 Å². The molecule has 122 valence electrons. The Bertz CT molecular complexity index is 597. The number of benzene rings is 1. The monoisotopic (exact) mass is 429 g/mol. The van der Waals surface area contributed by atoms with Crippen molar-refractivity contribution in [2.75, 3.05) is 16.9 Å². The molecule has 0 heterocycles. The molecular formula is C13H13F3IN2O3-. The Hall–Kier alpha value is -1.38. The third kappa shape index (κ3) is 4.82. The second-order valence-corrected chi connectivity index (χ2v) is 6.76. The number of nitrogens with zero attached hydrogens (tertiary/aromatic N) is 1. The molecule has 9 heteroatoms. The Morgan fingerprint density at radius 3 is 2.64 bits per heavy atom. The van der Waals surface area contributed by atoms with Gasteiger partial charge in [0.05, 0.1) is 0 Å². The number of carbonyl (C=O) groups is 1. The number of nitriles is 1. The van der Waals surface area contributed by atoms with Gasteiger partial charge in [-0.1, -0.05) is 0 Å². The molecule has 1 amide bonds. The van der Waals surface area contributed by atoms with Gasteiger partial charge in [-0.3, -0.25) is 0 Å². The van der Waals surface area contributed by atoms with Crippen LogP contribution in [0, 0.1) is 11.3 Å². The fourth-order valence-corrected chi connectivity index (χ4v) is 2.71. The minimum atomic E-state index is -4.71. The normalized spacial score (nSPS) is 14.2. The third-order valence-corrected chi connectivity index (χ3v) is 5.04. The van der Waals surface area contributed by atoms with Crippen LogP contribution < -0.4 is 26.9 Å². The van der Waals surface area contributed by atoms with E-state index in [9.17, 15) is 23.1 Å². The number of amides is 1. The first-order valence-electron chi connectivity index (χ1n) is 5.89.